The van der Waals surface area contributed by atoms with Gasteiger partial charge in [0.1, 0.15) is 0 Å². The molecule has 0 radical (unpaired) electrons. The van der Waals surface area contributed by atoms with E-state index in [0.717, 1.165) is 12.3 Å². The van der Waals surface area contributed by atoms with Crippen LogP contribution >= 0.6 is 0 Å². The summed E-state index contributed by atoms with van der Waals surface area (Å²) in [4.78, 5) is 21.3. The summed E-state index contributed by atoms with van der Waals surface area (Å²) in [6.07, 6.45) is 5.17. The van der Waals surface area contributed by atoms with E-state index in [1.165, 1.54) is 19.3 Å². The Morgan fingerprint density at radius 1 is 1.33 bits per heavy atom. The molecule has 0 spiro atoms. The number of nitrogens with one attached hydrogen (secondary N) is 1. The van der Waals surface area contributed by atoms with E-state index in [2.05, 4.69) is 5.32 Å². The fourth-order valence-electron chi connectivity index (χ4n) is 2.73. The van der Waals surface area contributed by atoms with Gasteiger partial charge in [-0.1, -0.05) is 6.42 Å². The molecule has 2 aliphatic carbocycles. The zero-order chi connectivity index (χ0) is 8.55. The maximum atomic E-state index is 11.3. The van der Waals surface area contributed by atoms with Gasteiger partial charge in [0, 0.05) is 5.92 Å². The van der Waals surface area contributed by atoms with Crippen LogP contribution in [0.5, 0.6) is 0 Å². The molecule has 3 atom stereocenters. The Bertz CT molecular complexity index is 215. The quantitative estimate of drug-likeness (QED) is 0.615. The fourth-order valence-corrected chi connectivity index (χ4v) is 2.73. The van der Waals surface area contributed by atoms with Crippen LogP contribution < -0.4 is 5.32 Å². The molecule has 66 valence electrons. The first-order valence-corrected chi connectivity index (χ1v) is 4.55. The maximum Gasteiger partial charge on any atom is 0.229 e. The molecule has 2 fully saturated rings. The summed E-state index contributed by atoms with van der Waals surface area (Å²) in [5, 5.41) is 2.25. The lowest BCUT2D eigenvalue weighted by Gasteiger charge is -2.18. The summed E-state index contributed by atoms with van der Waals surface area (Å²) < 4.78 is 0. The topological polar surface area (TPSA) is 46.2 Å². The van der Waals surface area contributed by atoms with Crippen molar-refractivity contribution >= 4 is 12.3 Å². The molecule has 2 amide bonds. The third-order valence-electron chi connectivity index (χ3n) is 3.28. The lowest BCUT2D eigenvalue weighted by atomic mass is 9.88. The molecule has 0 aliphatic heterocycles. The van der Waals surface area contributed by atoms with Crippen molar-refractivity contribution in [1.82, 2.24) is 5.32 Å². The molecule has 0 aromatic heterocycles. The van der Waals surface area contributed by atoms with E-state index in [4.69, 9.17) is 0 Å². The number of amides is 2. The summed E-state index contributed by atoms with van der Waals surface area (Å²) in [6.45, 7) is 0. The monoisotopic (exact) mass is 167 g/mol. The third-order valence-corrected chi connectivity index (χ3v) is 3.28. The van der Waals surface area contributed by atoms with Gasteiger partial charge in [-0.15, -0.1) is 0 Å². The van der Waals surface area contributed by atoms with Gasteiger partial charge in [0.05, 0.1) is 0 Å². The van der Waals surface area contributed by atoms with Crippen LogP contribution in [0.15, 0.2) is 0 Å². The van der Waals surface area contributed by atoms with Gasteiger partial charge in [-0.2, -0.15) is 0 Å². The summed E-state index contributed by atoms with van der Waals surface area (Å²) in [5.74, 6) is 1.40. The molecule has 0 saturated heterocycles. The van der Waals surface area contributed by atoms with Gasteiger partial charge in [0.2, 0.25) is 12.3 Å². The summed E-state index contributed by atoms with van der Waals surface area (Å²) in [6, 6.07) is 0. The Balaban J connectivity index is 1.97. The van der Waals surface area contributed by atoms with Crippen molar-refractivity contribution in [2.24, 2.45) is 17.8 Å². The molecule has 2 bridgehead atoms. The minimum Gasteiger partial charge on any atom is -0.299 e. The highest BCUT2D eigenvalue weighted by Gasteiger charge is 2.42. The van der Waals surface area contributed by atoms with Gasteiger partial charge in [-0.3, -0.25) is 14.9 Å². The molecule has 2 rings (SSSR count). The zero-order valence-electron chi connectivity index (χ0n) is 6.95. The molecule has 3 nitrogen and oxygen atoms in total. The van der Waals surface area contributed by atoms with E-state index in [-0.39, 0.29) is 11.8 Å². The van der Waals surface area contributed by atoms with Gasteiger partial charge in [-0.25, -0.2) is 0 Å². The highest BCUT2D eigenvalue weighted by Crippen LogP contribution is 2.48. The SMILES string of the molecule is O=CNC(=O)C1CC2CCC1C2. The van der Waals surface area contributed by atoms with Crippen molar-refractivity contribution in [3.8, 4) is 0 Å². The third kappa shape index (κ3) is 1.13. The maximum absolute atomic E-state index is 11.3. The number of carbonyl (C=O) groups excluding carboxylic acids is 2. The Kier molecular flexibility index (Phi) is 1.87. The molecule has 2 aliphatic rings. The molecule has 12 heavy (non-hydrogen) atoms. The number of carbonyl (C=O) groups is 2. The van der Waals surface area contributed by atoms with Crippen LogP contribution in [0.4, 0.5) is 0 Å². The summed E-state index contributed by atoms with van der Waals surface area (Å²) in [5.41, 5.74) is 0. The summed E-state index contributed by atoms with van der Waals surface area (Å²) >= 11 is 0. The average molecular weight is 167 g/mol. The van der Waals surface area contributed by atoms with Crippen molar-refractivity contribution in [1.29, 1.82) is 0 Å². The van der Waals surface area contributed by atoms with Crippen molar-refractivity contribution in [3.63, 3.8) is 0 Å². The fraction of sp³-hybridized carbons (Fsp3) is 0.778. The number of rotatable bonds is 2. The first kappa shape index (κ1) is 7.77. The minimum absolute atomic E-state index is 0.0581. The van der Waals surface area contributed by atoms with Gasteiger partial charge in [0.25, 0.3) is 0 Å². The Hall–Kier alpha value is -0.860. The van der Waals surface area contributed by atoms with E-state index < -0.39 is 0 Å². The van der Waals surface area contributed by atoms with E-state index >= 15 is 0 Å². The smallest absolute Gasteiger partial charge is 0.229 e. The van der Waals surface area contributed by atoms with Gasteiger partial charge in [-0.05, 0) is 31.1 Å². The number of hydrogen-bond donors (Lipinski definition) is 1. The lowest BCUT2D eigenvalue weighted by Crippen LogP contribution is -2.32. The molecule has 3 unspecified atom stereocenters. The molecule has 1 N–H and O–H groups in total. The van der Waals surface area contributed by atoms with Crippen LogP contribution in [0.3, 0.4) is 0 Å². The van der Waals surface area contributed by atoms with Gasteiger partial charge in [0.15, 0.2) is 0 Å². The number of hydrogen-bond acceptors (Lipinski definition) is 2. The Morgan fingerprint density at radius 3 is 2.67 bits per heavy atom. The highest BCUT2D eigenvalue weighted by molar-refractivity contribution is 5.88. The minimum atomic E-state index is -0.0581. The second-order valence-corrected chi connectivity index (χ2v) is 3.91. The predicted octanol–water partition coefficient (Wildman–Crippen LogP) is 0.695. The second kappa shape index (κ2) is 2.88. The first-order chi connectivity index (χ1) is 5.81. The van der Waals surface area contributed by atoms with Gasteiger partial charge >= 0.3 is 0 Å². The van der Waals surface area contributed by atoms with E-state index in [9.17, 15) is 9.59 Å². The normalized spacial score (nSPS) is 38.2. The zero-order valence-corrected chi connectivity index (χ0v) is 6.95. The Morgan fingerprint density at radius 2 is 2.17 bits per heavy atom. The van der Waals surface area contributed by atoms with E-state index in [0.29, 0.717) is 12.3 Å². The van der Waals surface area contributed by atoms with Crippen LogP contribution in [0.25, 0.3) is 0 Å². The molecule has 0 aromatic carbocycles. The molecule has 3 heteroatoms. The molecule has 0 aromatic rings. The van der Waals surface area contributed by atoms with Crippen molar-refractivity contribution in [2.75, 3.05) is 0 Å². The van der Waals surface area contributed by atoms with Crippen molar-refractivity contribution in [2.45, 2.75) is 25.7 Å². The van der Waals surface area contributed by atoms with Crippen LogP contribution in [0.1, 0.15) is 25.7 Å². The van der Waals surface area contributed by atoms with Gasteiger partial charge < -0.3 is 0 Å². The molecule has 0 heterocycles. The lowest BCUT2D eigenvalue weighted by molar-refractivity contribution is -0.129. The van der Waals surface area contributed by atoms with Crippen LogP contribution in [-0.4, -0.2) is 12.3 Å². The van der Waals surface area contributed by atoms with E-state index in [1.54, 1.807) is 0 Å². The summed E-state index contributed by atoms with van der Waals surface area (Å²) in [7, 11) is 0. The average Bonchev–Trinajstić information content (AvgIpc) is 2.64. The second-order valence-electron chi connectivity index (χ2n) is 3.91. The van der Waals surface area contributed by atoms with Crippen LogP contribution in [0, 0.1) is 17.8 Å². The Labute approximate surface area is 71.5 Å². The van der Waals surface area contributed by atoms with Crippen LogP contribution in [-0.2, 0) is 9.59 Å². The van der Waals surface area contributed by atoms with Crippen molar-refractivity contribution in [3.05, 3.63) is 0 Å². The largest absolute Gasteiger partial charge is 0.299 e. The molecular weight excluding hydrogens is 154 g/mol. The highest BCUT2D eigenvalue weighted by atomic mass is 16.2. The molecule has 2 saturated carbocycles. The number of fused-ring (bicyclic) bond motifs is 2. The standard InChI is InChI=1S/C9H13NO2/c11-5-10-9(12)8-4-6-1-2-7(8)3-6/h5-8H,1-4H2,(H,10,11,12). The first-order valence-electron chi connectivity index (χ1n) is 4.55. The van der Waals surface area contributed by atoms with Crippen molar-refractivity contribution < 1.29 is 9.59 Å². The molecular formula is C9H13NO2. The van der Waals surface area contributed by atoms with Crippen LogP contribution in [0.2, 0.25) is 0 Å². The number of imide groups is 1. The predicted molar refractivity (Wildman–Crippen MR) is 43.1 cm³/mol. The van der Waals surface area contributed by atoms with E-state index in [1.807, 2.05) is 0 Å².